The molecule has 0 spiro atoms. The van der Waals surface area contributed by atoms with Gasteiger partial charge in [0.1, 0.15) is 0 Å². The number of carbonyl (C=O) groups excluding carboxylic acids is 1. The van der Waals surface area contributed by atoms with Crippen molar-refractivity contribution >= 4 is 21.9 Å². The van der Waals surface area contributed by atoms with Crippen LogP contribution in [0.2, 0.25) is 0 Å². The number of benzene rings is 1. The number of amides is 1. The summed E-state index contributed by atoms with van der Waals surface area (Å²) in [5.41, 5.74) is -0.0893. The Hall–Kier alpha value is -2.34. The molecule has 0 saturated heterocycles. The Balaban J connectivity index is 2.13. The summed E-state index contributed by atoms with van der Waals surface area (Å²) in [6.45, 7) is 6.62. The summed E-state index contributed by atoms with van der Waals surface area (Å²) in [7, 11) is -0.754. The van der Waals surface area contributed by atoms with E-state index in [0.717, 1.165) is 0 Å². The molecule has 1 aromatic heterocycles. The van der Waals surface area contributed by atoms with Crippen molar-refractivity contribution in [3.63, 3.8) is 0 Å². The zero-order valence-electron chi connectivity index (χ0n) is 17.8. The predicted molar refractivity (Wildman–Crippen MR) is 110 cm³/mol. The van der Waals surface area contributed by atoms with Gasteiger partial charge in [-0.1, -0.05) is 25.9 Å². The van der Waals surface area contributed by atoms with Gasteiger partial charge in [0.05, 0.1) is 18.1 Å². The summed E-state index contributed by atoms with van der Waals surface area (Å²) in [6, 6.07) is 5.59. The zero-order chi connectivity index (χ0) is 22.4. The second-order valence-electron chi connectivity index (χ2n) is 7.53. The minimum absolute atomic E-state index is 0.0214. The molecule has 166 valence electrons. The molecule has 30 heavy (non-hydrogen) atoms. The third kappa shape index (κ3) is 6.08. The van der Waals surface area contributed by atoms with E-state index in [4.69, 9.17) is 13.9 Å². The van der Waals surface area contributed by atoms with Gasteiger partial charge < -0.3 is 13.9 Å². The summed E-state index contributed by atoms with van der Waals surface area (Å²) in [4.78, 5) is 12.5. The van der Waals surface area contributed by atoms with Gasteiger partial charge >= 0.3 is 6.01 Å². The van der Waals surface area contributed by atoms with Crippen molar-refractivity contribution < 1.29 is 27.1 Å². The molecule has 10 nitrogen and oxygen atoms in total. The van der Waals surface area contributed by atoms with Crippen molar-refractivity contribution in [2.75, 3.05) is 45.8 Å². The monoisotopic (exact) mass is 440 g/mol. The van der Waals surface area contributed by atoms with Gasteiger partial charge in [0.25, 0.3) is 5.91 Å². The van der Waals surface area contributed by atoms with Gasteiger partial charge in [-0.05, 0) is 24.3 Å². The lowest BCUT2D eigenvalue weighted by Gasteiger charge is -2.21. The van der Waals surface area contributed by atoms with E-state index in [2.05, 4.69) is 15.5 Å². The molecule has 0 saturated carbocycles. The maximum Gasteiger partial charge on any atom is 0.322 e. The Kier molecular flexibility index (Phi) is 8.07. The van der Waals surface area contributed by atoms with E-state index in [0.29, 0.717) is 5.89 Å². The minimum Gasteiger partial charge on any atom is -0.407 e. The molecule has 1 heterocycles. The van der Waals surface area contributed by atoms with Crippen LogP contribution in [0.1, 0.15) is 37.0 Å². The summed E-state index contributed by atoms with van der Waals surface area (Å²) in [5, 5.41) is 10.2. The largest absolute Gasteiger partial charge is 0.407 e. The van der Waals surface area contributed by atoms with E-state index < -0.39 is 15.9 Å². The number of hydrogen-bond donors (Lipinski definition) is 1. The normalized spacial score (nSPS) is 12.3. The van der Waals surface area contributed by atoms with Gasteiger partial charge in [-0.15, -0.1) is 5.10 Å². The van der Waals surface area contributed by atoms with Crippen molar-refractivity contribution in [2.24, 2.45) is 0 Å². The second kappa shape index (κ2) is 10.1. The number of hydrogen-bond acceptors (Lipinski definition) is 8. The Morgan fingerprint density at radius 1 is 1.07 bits per heavy atom. The Morgan fingerprint density at radius 3 is 2.10 bits per heavy atom. The molecule has 1 aromatic carbocycles. The lowest BCUT2D eigenvalue weighted by molar-refractivity contribution is 0.102. The van der Waals surface area contributed by atoms with Gasteiger partial charge in [-0.2, -0.15) is 4.31 Å². The molecule has 0 bridgehead atoms. The van der Waals surface area contributed by atoms with Crippen molar-refractivity contribution in [2.45, 2.75) is 31.1 Å². The number of rotatable bonds is 10. The standard InChI is InChI=1S/C19H28N4O6S/c1-19(2,3)17-21-22-18(29-17)20-16(24)14-6-8-15(9-7-14)30(25,26)23(10-12-27-4)11-13-28-5/h6-9H,10-13H2,1-5H3,(H,20,22,24). The van der Waals surface area contributed by atoms with Gasteiger partial charge in [-0.3, -0.25) is 10.1 Å². The number of anilines is 1. The van der Waals surface area contributed by atoms with Crippen LogP contribution in [-0.4, -0.2) is 69.4 Å². The van der Waals surface area contributed by atoms with Gasteiger partial charge in [-0.25, -0.2) is 8.42 Å². The minimum atomic E-state index is -3.76. The molecule has 0 aliphatic carbocycles. The summed E-state index contributed by atoms with van der Waals surface area (Å²) in [5.74, 6) is -0.0925. The number of methoxy groups -OCH3 is 2. The highest BCUT2D eigenvalue weighted by molar-refractivity contribution is 7.89. The Morgan fingerprint density at radius 2 is 1.63 bits per heavy atom. The summed E-state index contributed by atoms with van der Waals surface area (Å²) < 4.78 is 42.5. The fourth-order valence-electron chi connectivity index (χ4n) is 2.41. The lowest BCUT2D eigenvalue weighted by Crippen LogP contribution is -2.36. The average Bonchev–Trinajstić information content (AvgIpc) is 3.17. The molecule has 1 N–H and O–H groups in total. The topological polar surface area (TPSA) is 124 Å². The first-order chi connectivity index (χ1) is 14.1. The SMILES string of the molecule is COCCN(CCOC)S(=O)(=O)c1ccc(C(=O)Nc2nnc(C(C)(C)C)o2)cc1. The number of aromatic nitrogens is 2. The van der Waals surface area contributed by atoms with Crippen LogP contribution in [-0.2, 0) is 24.9 Å². The zero-order valence-corrected chi connectivity index (χ0v) is 18.7. The third-order valence-electron chi connectivity index (χ3n) is 4.13. The molecule has 2 aromatic rings. The molecule has 1 amide bonds. The van der Waals surface area contributed by atoms with Gasteiger partial charge in [0.15, 0.2) is 0 Å². The second-order valence-corrected chi connectivity index (χ2v) is 9.47. The van der Waals surface area contributed by atoms with Crippen molar-refractivity contribution in [1.29, 1.82) is 0 Å². The van der Waals surface area contributed by atoms with Gasteiger partial charge in [0.2, 0.25) is 15.9 Å². The first-order valence-electron chi connectivity index (χ1n) is 9.33. The van der Waals surface area contributed by atoms with Crippen LogP contribution in [0.4, 0.5) is 6.01 Å². The molecule has 0 atom stereocenters. The van der Waals surface area contributed by atoms with E-state index >= 15 is 0 Å². The molecule has 0 aliphatic rings. The summed E-state index contributed by atoms with van der Waals surface area (Å²) >= 11 is 0. The summed E-state index contributed by atoms with van der Waals surface area (Å²) in [6.07, 6.45) is 0. The maximum atomic E-state index is 12.9. The fraction of sp³-hybridized carbons (Fsp3) is 0.526. The molecule has 0 unspecified atom stereocenters. The smallest absolute Gasteiger partial charge is 0.322 e. The number of nitrogens with zero attached hydrogens (tertiary/aromatic N) is 3. The first-order valence-corrected chi connectivity index (χ1v) is 10.8. The van der Waals surface area contributed by atoms with E-state index in [1.165, 1.54) is 42.8 Å². The highest BCUT2D eigenvalue weighted by Gasteiger charge is 2.25. The Bertz CT molecular complexity index is 927. The molecular weight excluding hydrogens is 412 g/mol. The molecular formula is C19H28N4O6S. The average molecular weight is 441 g/mol. The highest BCUT2D eigenvalue weighted by Crippen LogP contribution is 2.22. The van der Waals surface area contributed by atoms with Crippen LogP contribution in [0, 0.1) is 0 Å². The van der Waals surface area contributed by atoms with Crippen molar-refractivity contribution in [3.8, 4) is 0 Å². The maximum absolute atomic E-state index is 12.9. The quantitative estimate of drug-likeness (QED) is 0.594. The lowest BCUT2D eigenvalue weighted by atomic mass is 9.97. The molecule has 0 radical (unpaired) electrons. The predicted octanol–water partition coefficient (Wildman–Crippen LogP) is 1.90. The van der Waals surface area contributed by atoms with Crippen LogP contribution in [0.3, 0.4) is 0 Å². The molecule has 11 heteroatoms. The van der Waals surface area contributed by atoms with Crippen LogP contribution in [0.25, 0.3) is 0 Å². The van der Waals surface area contributed by atoms with Crippen LogP contribution in [0.5, 0.6) is 0 Å². The molecule has 0 fully saturated rings. The van der Waals surface area contributed by atoms with Gasteiger partial charge in [0, 0.05) is 38.3 Å². The number of carbonyl (C=O) groups is 1. The Labute approximate surface area is 176 Å². The molecule has 0 aliphatic heterocycles. The number of nitrogens with one attached hydrogen (secondary N) is 1. The third-order valence-corrected chi connectivity index (χ3v) is 6.04. The van der Waals surface area contributed by atoms with E-state index in [1.54, 1.807) is 0 Å². The van der Waals surface area contributed by atoms with Crippen molar-refractivity contribution in [1.82, 2.24) is 14.5 Å². The van der Waals surface area contributed by atoms with E-state index in [9.17, 15) is 13.2 Å². The van der Waals surface area contributed by atoms with E-state index in [-0.39, 0.29) is 48.2 Å². The van der Waals surface area contributed by atoms with E-state index in [1.807, 2.05) is 20.8 Å². The van der Waals surface area contributed by atoms with Crippen molar-refractivity contribution in [3.05, 3.63) is 35.7 Å². The first kappa shape index (κ1) is 23.9. The number of sulfonamides is 1. The molecule has 2 rings (SSSR count). The number of ether oxygens (including phenoxy) is 2. The van der Waals surface area contributed by atoms with Crippen LogP contribution >= 0.6 is 0 Å². The van der Waals surface area contributed by atoms with Crippen LogP contribution < -0.4 is 5.32 Å². The highest BCUT2D eigenvalue weighted by atomic mass is 32.2. The fourth-order valence-corrected chi connectivity index (χ4v) is 3.82. The van der Waals surface area contributed by atoms with Crippen LogP contribution in [0.15, 0.2) is 33.6 Å².